The van der Waals surface area contributed by atoms with Crippen LogP contribution < -0.4 is 0 Å². The highest BCUT2D eigenvalue weighted by molar-refractivity contribution is 5.32. The maximum Gasteiger partial charge on any atom is 0.269 e. The molecule has 5 rings (SSSR count). The monoisotopic (exact) mass is 599 g/mol. The molecule has 44 heavy (non-hydrogen) atoms. The molecule has 0 aromatic heterocycles. The fraction of sp³-hybridized carbons (Fsp3) is 0.314. The molecule has 9 nitrogen and oxygen atoms in total. The van der Waals surface area contributed by atoms with Gasteiger partial charge in [0.25, 0.3) is 5.69 Å². The number of methoxy groups -OCH3 is 1. The zero-order valence-corrected chi connectivity index (χ0v) is 24.6. The van der Waals surface area contributed by atoms with Gasteiger partial charge in [-0.05, 0) is 34.4 Å². The van der Waals surface area contributed by atoms with Crippen LogP contribution in [-0.4, -0.2) is 49.3 Å². The standard InChI is InChI=1S/C35H37NO8/c1-39-35-34(43-24-28-15-9-4-10-16-28)33(42-23-27-13-7-3-8-14-27)32(41-22-26-11-5-2-6-12-26)31(44-35)25-40-21-29-17-19-30(20-18-29)36(37)38/h2-20,31-35H,21-25H2,1H3/t31-,32-,33+,34+,35+/m1/s1. The minimum atomic E-state index is -0.746. The molecule has 0 radical (unpaired) electrons. The first kappa shape index (κ1) is 31.5. The van der Waals surface area contributed by atoms with Crippen LogP contribution in [0.5, 0.6) is 0 Å². The Bertz CT molecular complexity index is 1410. The van der Waals surface area contributed by atoms with Crippen molar-refractivity contribution in [3.05, 3.63) is 148 Å². The minimum absolute atomic E-state index is 0.0293. The highest BCUT2D eigenvalue weighted by Crippen LogP contribution is 2.31. The lowest BCUT2D eigenvalue weighted by molar-refractivity contribution is -0.384. The van der Waals surface area contributed by atoms with Crippen molar-refractivity contribution in [2.45, 2.75) is 57.1 Å². The number of nitro groups is 1. The zero-order chi connectivity index (χ0) is 30.6. The number of nitro benzene ring substituents is 1. The van der Waals surface area contributed by atoms with Crippen molar-refractivity contribution >= 4 is 5.69 Å². The number of benzene rings is 4. The Balaban J connectivity index is 1.37. The van der Waals surface area contributed by atoms with Gasteiger partial charge in [-0.1, -0.05) is 91.0 Å². The fourth-order valence-corrected chi connectivity index (χ4v) is 5.08. The van der Waals surface area contributed by atoms with E-state index in [0.29, 0.717) is 19.8 Å². The van der Waals surface area contributed by atoms with Crippen molar-refractivity contribution in [3.8, 4) is 0 Å². The SMILES string of the molecule is CO[C@H]1O[C@H](COCc2ccc([N+](=O)[O-])cc2)[C@@H](OCc2ccccc2)[C@H](OCc2ccccc2)[C@@H]1OCc1ccccc1. The molecule has 4 aromatic carbocycles. The topological polar surface area (TPSA) is 98.5 Å². The Kier molecular flexibility index (Phi) is 11.6. The van der Waals surface area contributed by atoms with Gasteiger partial charge in [0, 0.05) is 19.2 Å². The average molecular weight is 600 g/mol. The van der Waals surface area contributed by atoms with E-state index in [9.17, 15) is 10.1 Å². The van der Waals surface area contributed by atoms with E-state index in [4.69, 9.17) is 28.4 Å². The Labute approximate surface area is 257 Å². The van der Waals surface area contributed by atoms with Gasteiger partial charge in [0.15, 0.2) is 6.29 Å². The Hall–Kier alpha value is -3.96. The van der Waals surface area contributed by atoms with Gasteiger partial charge in [0.05, 0.1) is 38.0 Å². The largest absolute Gasteiger partial charge is 0.374 e. The fourth-order valence-electron chi connectivity index (χ4n) is 5.08. The van der Waals surface area contributed by atoms with Crippen LogP contribution in [0, 0.1) is 10.1 Å². The normalized spacial score (nSPS) is 21.6. The van der Waals surface area contributed by atoms with Crippen molar-refractivity contribution in [3.63, 3.8) is 0 Å². The van der Waals surface area contributed by atoms with E-state index < -0.39 is 35.6 Å². The Morgan fingerprint density at radius 2 is 1.07 bits per heavy atom. The summed E-state index contributed by atoms with van der Waals surface area (Å²) < 4.78 is 38.0. The minimum Gasteiger partial charge on any atom is -0.374 e. The van der Waals surface area contributed by atoms with Gasteiger partial charge in [-0.15, -0.1) is 0 Å². The van der Waals surface area contributed by atoms with Crippen molar-refractivity contribution < 1.29 is 33.3 Å². The molecular formula is C35H37NO8. The molecule has 1 fully saturated rings. The van der Waals surface area contributed by atoms with E-state index in [1.165, 1.54) is 12.1 Å². The van der Waals surface area contributed by atoms with Crippen LogP contribution >= 0.6 is 0 Å². The third-order valence-electron chi connectivity index (χ3n) is 7.38. The summed E-state index contributed by atoms with van der Waals surface area (Å²) in [6, 6.07) is 36.0. The van der Waals surface area contributed by atoms with Crippen molar-refractivity contribution in [1.82, 2.24) is 0 Å². The molecule has 0 spiro atoms. The molecule has 0 bridgehead atoms. The number of hydrogen-bond donors (Lipinski definition) is 0. The van der Waals surface area contributed by atoms with Gasteiger partial charge >= 0.3 is 0 Å². The smallest absolute Gasteiger partial charge is 0.269 e. The van der Waals surface area contributed by atoms with Gasteiger partial charge in [-0.25, -0.2) is 0 Å². The van der Waals surface area contributed by atoms with Gasteiger partial charge < -0.3 is 28.4 Å². The van der Waals surface area contributed by atoms with E-state index in [1.54, 1.807) is 19.2 Å². The quantitative estimate of drug-likeness (QED) is 0.117. The molecule has 0 saturated carbocycles. The third kappa shape index (κ3) is 8.79. The summed E-state index contributed by atoms with van der Waals surface area (Å²) in [5, 5.41) is 11.0. The van der Waals surface area contributed by atoms with Crippen LogP contribution in [-0.2, 0) is 54.8 Å². The van der Waals surface area contributed by atoms with E-state index in [1.807, 2.05) is 91.0 Å². The zero-order valence-electron chi connectivity index (χ0n) is 24.6. The Morgan fingerprint density at radius 1 is 0.614 bits per heavy atom. The molecule has 5 atom stereocenters. The molecule has 1 aliphatic heterocycles. The molecule has 0 N–H and O–H groups in total. The molecule has 0 aliphatic carbocycles. The lowest BCUT2D eigenvalue weighted by Crippen LogP contribution is -2.61. The summed E-state index contributed by atoms with van der Waals surface area (Å²) in [7, 11) is 1.58. The van der Waals surface area contributed by atoms with Crippen LogP contribution in [0.2, 0.25) is 0 Å². The molecule has 1 aliphatic rings. The first-order chi connectivity index (χ1) is 21.6. The predicted octanol–water partition coefficient (Wildman–Crippen LogP) is 6.24. The van der Waals surface area contributed by atoms with Crippen molar-refractivity contribution in [2.75, 3.05) is 13.7 Å². The first-order valence-corrected chi connectivity index (χ1v) is 14.6. The molecule has 0 amide bonds. The summed E-state index contributed by atoms with van der Waals surface area (Å²) >= 11 is 0. The number of non-ortho nitro benzene ring substituents is 1. The van der Waals surface area contributed by atoms with Crippen LogP contribution in [0.15, 0.2) is 115 Å². The van der Waals surface area contributed by atoms with Crippen LogP contribution in [0.1, 0.15) is 22.3 Å². The molecule has 0 unspecified atom stereocenters. The van der Waals surface area contributed by atoms with Crippen LogP contribution in [0.3, 0.4) is 0 Å². The number of rotatable bonds is 15. The van der Waals surface area contributed by atoms with Gasteiger partial charge in [-0.2, -0.15) is 0 Å². The maximum absolute atomic E-state index is 11.0. The van der Waals surface area contributed by atoms with Crippen molar-refractivity contribution in [2.24, 2.45) is 0 Å². The molecule has 4 aromatic rings. The molecular weight excluding hydrogens is 562 g/mol. The van der Waals surface area contributed by atoms with Crippen LogP contribution in [0.4, 0.5) is 5.69 Å². The lowest BCUT2D eigenvalue weighted by atomic mass is 9.97. The highest BCUT2D eigenvalue weighted by atomic mass is 16.7. The highest BCUT2D eigenvalue weighted by Gasteiger charge is 2.48. The molecule has 230 valence electrons. The summed E-state index contributed by atoms with van der Waals surface area (Å²) in [5.74, 6) is 0. The molecule has 1 heterocycles. The van der Waals surface area contributed by atoms with E-state index in [2.05, 4.69) is 0 Å². The van der Waals surface area contributed by atoms with E-state index >= 15 is 0 Å². The lowest BCUT2D eigenvalue weighted by Gasteiger charge is -2.45. The maximum atomic E-state index is 11.0. The van der Waals surface area contributed by atoms with E-state index in [0.717, 1.165) is 22.3 Å². The third-order valence-corrected chi connectivity index (χ3v) is 7.38. The second-order valence-electron chi connectivity index (χ2n) is 10.5. The summed E-state index contributed by atoms with van der Waals surface area (Å²) in [5.41, 5.74) is 3.87. The summed E-state index contributed by atoms with van der Waals surface area (Å²) in [6.07, 6.45) is -3.03. The summed E-state index contributed by atoms with van der Waals surface area (Å²) in [4.78, 5) is 10.6. The number of ether oxygens (including phenoxy) is 6. The van der Waals surface area contributed by atoms with Gasteiger partial charge in [0.1, 0.15) is 24.4 Å². The number of nitrogens with zero attached hydrogens (tertiary/aromatic N) is 1. The first-order valence-electron chi connectivity index (χ1n) is 14.6. The summed E-state index contributed by atoms with van der Waals surface area (Å²) in [6.45, 7) is 1.43. The van der Waals surface area contributed by atoms with Crippen molar-refractivity contribution in [1.29, 1.82) is 0 Å². The number of hydrogen-bond acceptors (Lipinski definition) is 8. The van der Waals surface area contributed by atoms with Gasteiger partial charge in [0.2, 0.25) is 0 Å². The molecule has 1 saturated heterocycles. The second-order valence-corrected chi connectivity index (χ2v) is 10.5. The predicted molar refractivity (Wildman–Crippen MR) is 163 cm³/mol. The van der Waals surface area contributed by atoms with E-state index in [-0.39, 0.29) is 18.9 Å². The molecule has 9 heteroatoms. The Morgan fingerprint density at radius 3 is 1.55 bits per heavy atom. The van der Waals surface area contributed by atoms with Gasteiger partial charge in [-0.3, -0.25) is 10.1 Å². The second kappa shape index (κ2) is 16.2. The average Bonchev–Trinajstić information content (AvgIpc) is 3.07. The van der Waals surface area contributed by atoms with Crippen LogP contribution in [0.25, 0.3) is 0 Å².